The number of hydrogen-bond donors (Lipinski definition) is 0. The molecule has 0 N–H and O–H groups in total. The highest BCUT2D eigenvalue weighted by molar-refractivity contribution is 7.90. The monoisotopic (exact) mass is 285 g/mol. The Morgan fingerprint density at radius 3 is 2.40 bits per heavy atom. The zero-order valence-electron chi connectivity index (χ0n) is 11.2. The second-order valence-corrected chi connectivity index (χ2v) is 7.01. The molecule has 0 bridgehead atoms. The van der Waals surface area contributed by atoms with E-state index in [4.69, 9.17) is 0 Å². The first-order chi connectivity index (χ1) is 9.54. The molecule has 0 saturated heterocycles. The van der Waals surface area contributed by atoms with Gasteiger partial charge in [0, 0.05) is 19.0 Å². The maximum atomic E-state index is 11.5. The lowest BCUT2D eigenvalue weighted by Crippen LogP contribution is -2.02. The molecule has 0 aromatic heterocycles. The van der Waals surface area contributed by atoms with Gasteiger partial charge in [0.05, 0.1) is 4.90 Å². The molecule has 102 valence electrons. The van der Waals surface area contributed by atoms with Crippen molar-refractivity contribution < 1.29 is 8.42 Å². The van der Waals surface area contributed by atoms with E-state index in [-0.39, 0.29) is 0 Å². The first-order valence-electron chi connectivity index (χ1n) is 6.47. The van der Waals surface area contributed by atoms with Gasteiger partial charge in [0.1, 0.15) is 0 Å². The Balaban J connectivity index is 1.99. The molecule has 0 unspecified atom stereocenters. The SMILES string of the molecule is CS(=O)(=O)c1ccc(-c2ccc3c(c2)CCN=C3)cc1. The molecule has 3 rings (SSSR count). The van der Waals surface area contributed by atoms with Crippen molar-refractivity contribution in [3.8, 4) is 11.1 Å². The molecule has 1 heterocycles. The molecule has 2 aromatic rings. The van der Waals surface area contributed by atoms with Crippen LogP contribution >= 0.6 is 0 Å². The van der Waals surface area contributed by atoms with Crippen molar-refractivity contribution in [3.63, 3.8) is 0 Å². The van der Waals surface area contributed by atoms with Crippen LogP contribution in [-0.4, -0.2) is 27.4 Å². The summed E-state index contributed by atoms with van der Waals surface area (Å²) in [5.41, 5.74) is 4.61. The molecule has 4 heteroatoms. The summed E-state index contributed by atoms with van der Waals surface area (Å²) in [4.78, 5) is 4.62. The van der Waals surface area contributed by atoms with E-state index in [2.05, 4.69) is 17.1 Å². The quantitative estimate of drug-likeness (QED) is 0.851. The third-order valence-corrected chi connectivity index (χ3v) is 4.63. The molecule has 0 aliphatic carbocycles. The predicted molar refractivity (Wildman–Crippen MR) is 81.2 cm³/mol. The maximum absolute atomic E-state index is 11.5. The van der Waals surface area contributed by atoms with Gasteiger partial charge in [-0.2, -0.15) is 0 Å². The minimum absolute atomic E-state index is 0.353. The van der Waals surface area contributed by atoms with Crippen molar-refractivity contribution in [3.05, 3.63) is 53.6 Å². The fourth-order valence-corrected chi connectivity index (χ4v) is 3.00. The van der Waals surface area contributed by atoms with Crippen LogP contribution in [0.3, 0.4) is 0 Å². The Kier molecular flexibility index (Phi) is 3.18. The second-order valence-electron chi connectivity index (χ2n) is 5.00. The van der Waals surface area contributed by atoms with Crippen molar-refractivity contribution in [2.45, 2.75) is 11.3 Å². The number of hydrogen-bond acceptors (Lipinski definition) is 3. The molecule has 1 aliphatic heterocycles. The van der Waals surface area contributed by atoms with Gasteiger partial charge in [-0.05, 0) is 40.8 Å². The average Bonchev–Trinajstić information content (AvgIpc) is 2.46. The average molecular weight is 285 g/mol. The Morgan fingerprint density at radius 2 is 1.70 bits per heavy atom. The summed E-state index contributed by atoms with van der Waals surface area (Å²) in [5, 5.41) is 0. The van der Waals surface area contributed by atoms with Gasteiger partial charge in [-0.25, -0.2) is 8.42 Å². The zero-order chi connectivity index (χ0) is 14.2. The first-order valence-corrected chi connectivity index (χ1v) is 8.36. The molecule has 0 radical (unpaired) electrons. The van der Waals surface area contributed by atoms with Gasteiger partial charge in [-0.15, -0.1) is 0 Å². The van der Waals surface area contributed by atoms with Crippen molar-refractivity contribution in [1.82, 2.24) is 0 Å². The topological polar surface area (TPSA) is 46.5 Å². The van der Waals surface area contributed by atoms with E-state index in [1.165, 1.54) is 17.4 Å². The van der Waals surface area contributed by atoms with Crippen molar-refractivity contribution in [1.29, 1.82) is 0 Å². The molecule has 0 amide bonds. The van der Waals surface area contributed by atoms with Gasteiger partial charge in [0.2, 0.25) is 0 Å². The van der Waals surface area contributed by atoms with E-state index < -0.39 is 9.84 Å². The highest BCUT2D eigenvalue weighted by atomic mass is 32.2. The van der Waals surface area contributed by atoms with Gasteiger partial charge < -0.3 is 0 Å². The maximum Gasteiger partial charge on any atom is 0.175 e. The standard InChI is InChI=1S/C16H15NO2S/c1-20(18,19)16-6-4-12(5-7-16)13-2-3-15-11-17-9-8-14(15)10-13/h2-7,10-11H,8-9H2,1H3. The van der Waals surface area contributed by atoms with E-state index in [1.54, 1.807) is 12.1 Å². The van der Waals surface area contributed by atoms with E-state index in [1.807, 2.05) is 24.4 Å². The van der Waals surface area contributed by atoms with E-state index in [0.29, 0.717) is 4.90 Å². The molecule has 1 aliphatic rings. The largest absolute Gasteiger partial charge is 0.292 e. The van der Waals surface area contributed by atoms with Crippen LogP contribution in [0, 0.1) is 0 Å². The highest BCUT2D eigenvalue weighted by Gasteiger charge is 2.09. The van der Waals surface area contributed by atoms with Crippen LogP contribution in [0.15, 0.2) is 52.4 Å². The molecule has 20 heavy (non-hydrogen) atoms. The molecule has 0 saturated carbocycles. The summed E-state index contributed by atoms with van der Waals surface area (Å²) in [6.45, 7) is 0.837. The molecule has 3 nitrogen and oxygen atoms in total. The Morgan fingerprint density at radius 1 is 1.00 bits per heavy atom. The van der Waals surface area contributed by atoms with Crippen molar-refractivity contribution in [2.24, 2.45) is 4.99 Å². The van der Waals surface area contributed by atoms with Crippen LogP contribution in [-0.2, 0) is 16.3 Å². The number of fused-ring (bicyclic) bond motifs is 1. The Bertz CT molecular complexity index is 775. The van der Waals surface area contributed by atoms with Crippen LogP contribution in [0.5, 0.6) is 0 Å². The van der Waals surface area contributed by atoms with E-state index in [9.17, 15) is 8.42 Å². The normalized spacial score (nSPS) is 14.1. The summed E-state index contributed by atoms with van der Waals surface area (Å²) in [7, 11) is -3.13. The summed E-state index contributed by atoms with van der Waals surface area (Å²) in [6, 6.07) is 13.3. The van der Waals surface area contributed by atoms with Gasteiger partial charge in [-0.3, -0.25) is 4.99 Å². The summed E-state index contributed by atoms with van der Waals surface area (Å²) in [6.07, 6.45) is 4.09. The summed E-state index contributed by atoms with van der Waals surface area (Å²) < 4.78 is 22.9. The number of sulfone groups is 1. The van der Waals surface area contributed by atoms with E-state index in [0.717, 1.165) is 24.1 Å². The Hall–Kier alpha value is -1.94. The van der Waals surface area contributed by atoms with Crippen LogP contribution in [0.25, 0.3) is 11.1 Å². The molecule has 0 atom stereocenters. The van der Waals surface area contributed by atoms with Gasteiger partial charge in [0.15, 0.2) is 9.84 Å². The number of nitrogens with zero attached hydrogens (tertiary/aromatic N) is 1. The fourth-order valence-electron chi connectivity index (χ4n) is 2.37. The molecule has 2 aromatic carbocycles. The minimum atomic E-state index is -3.13. The third kappa shape index (κ3) is 2.51. The fraction of sp³-hybridized carbons (Fsp3) is 0.188. The lowest BCUT2D eigenvalue weighted by molar-refractivity contribution is 0.602. The molecular formula is C16H15NO2S. The number of aliphatic imine (C=N–C) groups is 1. The van der Waals surface area contributed by atoms with Crippen LogP contribution < -0.4 is 0 Å². The zero-order valence-corrected chi connectivity index (χ0v) is 12.0. The lowest BCUT2D eigenvalue weighted by atomic mass is 9.97. The van der Waals surface area contributed by atoms with Crippen molar-refractivity contribution in [2.75, 3.05) is 12.8 Å². The molecular weight excluding hydrogens is 270 g/mol. The predicted octanol–water partition coefficient (Wildman–Crippen LogP) is 2.73. The highest BCUT2D eigenvalue weighted by Crippen LogP contribution is 2.25. The lowest BCUT2D eigenvalue weighted by Gasteiger charge is -2.12. The van der Waals surface area contributed by atoms with E-state index >= 15 is 0 Å². The first kappa shape index (κ1) is 13.1. The van der Waals surface area contributed by atoms with Gasteiger partial charge >= 0.3 is 0 Å². The van der Waals surface area contributed by atoms with Gasteiger partial charge in [-0.1, -0.05) is 30.3 Å². The van der Waals surface area contributed by atoms with Crippen molar-refractivity contribution >= 4 is 16.1 Å². The third-order valence-electron chi connectivity index (χ3n) is 3.50. The number of benzene rings is 2. The number of rotatable bonds is 2. The Labute approximate surface area is 118 Å². The smallest absolute Gasteiger partial charge is 0.175 e. The van der Waals surface area contributed by atoms with Gasteiger partial charge in [0.25, 0.3) is 0 Å². The minimum Gasteiger partial charge on any atom is -0.292 e. The summed E-state index contributed by atoms with van der Waals surface area (Å²) >= 11 is 0. The molecule has 0 spiro atoms. The molecule has 0 fully saturated rings. The summed E-state index contributed by atoms with van der Waals surface area (Å²) in [5.74, 6) is 0. The van der Waals surface area contributed by atoms with Crippen LogP contribution in [0.4, 0.5) is 0 Å². The van der Waals surface area contributed by atoms with Crippen LogP contribution in [0.1, 0.15) is 11.1 Å². The second kappa shape index (κ2) is 4.87. The van der Waals surface area contributed by atoms with Crippen LogP contribution in [0.2, 0.25) is 0 Å².